The summed E-state index contributed by atoms with van der Waals surface area (Å²) < 4.78 is 5.45. The number of ether oxygens (including phenoxy) is 1. The maximum Gasteiger partial charge on any atom is 0.290 e. The molecule has 8 heteroatoms. The number of fused-ring (bicyclic) bond motifs is 4. The number of hydrogen-bond acceptors (Lipinski definition) is 6. The fourth-order valence-corrected chi connectivity index (χ4v) is 6.46. The smallest absolute Gasteiger partial charge is 0.290 e. The lowest BCUT2D eigenvalue weighted by Crippen LogP contribution is -2.64. The number of benzene rings is 1. The standard InChI is InChI=1S/C23H29N3O2S.CH2O2/c1-28-19-6-4-5-16(9-19)10-21-18-11-17(20-7-2-3-8-26(20)21)13-25(14-18)23(27)22-12-24-15-29-22;2-1-3/h4-6,9,12,15,17-18,20-21H,2-3,7-8,10-11,13-14H2,1H3;1H,(H,2,3)/t17-,18+,20+,21+;/m1./s1. The highest BCUT2D eigenvalue weighted by molar-refractivity contribution is 7.11. The number of nitrogens with zero attached hydrogens (tertiary/aromatic N) is 3. The van der Waals surface area contributed by atoms with Gasteiger partial charge in [0, 0.05) is 25.2 Å². The summed E-state index contributed by atoms with van der Waals surface area (Å²) in [5.74, 6) is 2.24. The first kappa shape index (κ1) is 22.7. The van der Waals surface area contributed by atoms with E-state index in [4.69, 9.17) is 14.6 Å². The second-order valence-electron chi connectivity index (χ2n) is 8.86. The lowest BCUT2D eigenvalue weighted by atomic mass is 9.71. The topological polar surface area (TPSA) is 83.0 Å². The number of likely N-dealkylation sites (tertiary alicyclic amines) is 1. The molecule has 172 valence electrons. The van der Waals surface area contributed by atoms with Gasteiger partial charge in [-0.15, -0.1) is 11.3 Å². The van der Waals surface area contributed by atoms with E-state index in [1.54, 1.807) is 18.8 Å². The van der Waals surface area contributed by atoms with Crippen molar-refractivity contribution in [3.63, 3.8) is 0 Å². The first-order chi connectivity index (χ1) is 15.6. The van der Waals surface area contributed by atoms with Crippen LogP contribution in [0.3, 0.4) is 0 Å². The predicted octanol–water partition coefficient (Wildman–Crippen LogP) is 3.41. The zero-order valence-corrected chi connectivity index (χ0v) is 19.2. The molecule has 32 heavy (non-hydrogen) atoms. The second kappa shape index (κ2) is 10.4. The van der Waals surface area contributed by atoms with Gasteiger partial charge in [0.05, 0.1) is 18.8 Å². The van der Waals surface area contributed by atoms with Gasteiger partial charge in [-0.2, -0.15) is 0 Å². The molecule has 0 radical (unpaired) electrons. The van der Waals surface area contributed by atoms with E-state index in [-0.39, 0.29) is 12.4 Å². The van der Waals surface area contributed by atoms with Gasteiger partial charge in [-0.3, -0.25) is 19.5 Å². The minimum absolute atomic E-state index is 0.173. The van der Waals surface area contributed by atoms with Gasteiger partial charge in [-0.1, -0.05) is 18.6 Å². The minimum Gasteiger partial charge on any atom is -0.497 e. The quantitative estimate of drug-likeness (QED) is 0.709. The monoisotopic (exact) mass is 457 g/mol. The molecular formula is C24H31N3O4S. The van der Waals surface area contributed by atoms with E-state index in [2.05, 4.69) is 33.0 Å². The molecule has 3 saturated heterocycles. The van der Waals surface area contributed by atoms with Gasteiger partial charge in [0.2, 0.25) is 0 Å². The van der Waals surface area contributed by atoms with E-state index < -0.39 is 0 Å². The summed E-state index contributed by atoms with van der Waals surface area (Å²) in [4.78, 5) is 31.2. The number of hydrogen-bond donors (Lipinski definition) is 1. The number of amides is 1. The van der Waals surface area contributed by atoms with E-state index in [1.807, 2.05) is 6.07 Å². The minimum atomic E-state index is -0.250. The van der Waals surface area contributed by atoms with E-state index in [9.17, 15) is 4.79 Å². The van der Waals surface area contributed by atoms with Gasteiger partial charge < -0.3 is 14.7 Å². The van der Waals surface area contributed by atoms with Crippen LogP contribution in [0.4, 0.5) is 0 Å². The largest absolute Gasteiger partial charge is 0.497 e. The third-order valence-electron chi connectivity index (χ3n) is 7.13. The van der Waals surface area contributed by atoms with E-state index in [0.717, 1.165) is 30.1 Å². The van der Waals surface area contributed by atoms with Crippen molar-refractivity contribution >= 4 is 23.7 Å². The van der Waals surface area contributed by atoms with Crippen LogP contribution >= 0.6 is 11.3 Å². The van der Waals surface area contributed by atoms with E-state index >= 15 is 0 Å². The summed E-state index contributed by atoms with van der Waals surface area (Å²) >= 11 is 1.46. The molecule has 0 spiro atoms. The van der Waals surface area contributed by atoms with Crippen molar-refractivity contribution in [2.45, 2.75) is 44.2 Å². The van der Waals surface area contributed by atoms with Crippen LogP contribution in [-0.4, -0.2) is 71.1 Å². The zero-order valence-electron chi connectivity index (χ0n) is 18.4. The average molecular weight is 458 g/mol. The molecule has 1 aromatic heterocycles. The van der Waals surface area contributed by atoms with Crippen molar-refractivity contribution in [1.29, 1.82) is 0 Å². The number of aromatic nitrogens is 1. The van der Waals surface area contributed by atoms with Gasteiger partial charge in [0.1, 0.15) is 10.6 Å². The molecule has 3 aliphatic heterocycles. The maximum atomic E-state index is 13.1. The number of rotatable bonds is 4. The fraction of sp³-hybridized carbons (Fsp3) is 0.542. The molecule has 4 heterocycles. The highest BCUT2D eigenvalue weighted by atomic mass is 32.1. The van der Waals surface area contributed by atoms with Crippen LogP contribution in [0.2, 0.25) is 0 Å². The zero-order chi connectivity index (χ0) is 22.5. The molecule has 3 aliphatic rings. The number of thiazole rings is 1. The predicted molar refractivity (Wildman–Crippen MR) is 123 cm³/mol. The third kappa shape index (κ3) is 4.81. The van der Waals surface area contributed by atoms with Crippen molar-refractivity contribution in [2.24, 2.45) is 11.8 Å². The highest BCUT2D eigenvalue weighted by Crippen LogP contribution is 2.42. The third-order valence-corrected chi connectivity index (χ3v) is 7.89. The molecule has 1 amide bonds. The van der Waals surface area contributed by atoms with Crippen LogP contribution < -0.4 is 4.74 Å². The van der Waals surface area contributed by atoms with Gasteiger partial charge >= 0.3 is 0 Å². The Morgan fingerprint density at radius 3 is 2.88 bits per heavy atom. The summed E-state index contributed by atoms with van der Waals surface area (Å²) in [6.07, 6.45) is 7.90. The SMILES string of the molecule is COc1cccc(C[C@H]2[C@H]3C[C@H](CN(C(=O)c4cncs4)C3)[C@@H]3CCCCN32)c1.O=CO. The van der Waals surface area contributed by atoms with Crippen LogP contribution in [0.5, 0.6) is 5.75 Å². The Morgan fingerprint density at radius 1 is 1.31 bits per heavy atom. The summed E-state index contributed by atoms with van der Waals surface area (Å²) in [6.45, 7) is 2.72. The molecule has 2 aromatic rings. The molecule has 0 aliphatic carbocycles. The molecular weight excluding hydrogens is 426 g/mol. The molecule has 7 nitrogen and oxygen atoms in total. The number of carbonyl (C=O) groups is 2. The summed E-state index contributed by atoms with van der Waals surface area (Å²) in [6, 6.07) is 9.62. The lowest BCUT2D eigenvalue weighted by molar-refractivity contribution is -0.122. The summed E-state index contributed by atoms with van der Waals surface area (Å²) in [5.41, 5.74) is 3.09. The van der Waals surface area contributed by atoms with Crippen molar-refractivity contribution in [1.82, 2.24) is 14.8 Å². The molecule has 5 rings (SSSR count). The molecule has 0 saturated carbocycles. The van der Waals surface area contributed by atoms with E-state index in [1.165, 1.54) is 49.1 Å². The summed E-state index contributed by atoms with van der Waals surface area (Å²) in [7, 11) is 1.73. The van der Waals surface area contributed by atoms with Gasteiger partial charge in [-0.05, 0) is 61.8 Å². The Labute approximate surface area is 193 Å². The lowest BCUT2D eigenvalue weighted by Gasteiger charge is -2.57. The van der Waals surface area contributed by atoms with Crippen LogP contribution in [0.15, 0.2) is 36.0 Å². The summed E-state index contributed by atoms with van der Waals surface area (Å²) in [5, 5.41) is 6.89. The Morgan fingerprint density at radius 2 is 2.12 bits per heavy atom. The first-order valence-corrected chi connectivity index (χ1v) is 12.2. The average Bonchev–Trinajstić information content (AvgIpc) is 3.37. The van der Waals surface area contributed by atoms with Crippen LogP contribution in [0.1, 0.15) is 40.9 Å². The van der Waals surface area contributed by atoms with E-state index in [0.29, 0.717) is 23.9 Å². The Kier molecular flexibility index (Phi) is 7.42. The van der Waals surface area contributed by atoms with Crippen molar-refractivity contribution in [3.05, 3.63) is 46.4 Å². The van der Waals surface area contributed by atoms with Gasteiger partial charge in [0.25, 0.3) is 12.4 Å². The molecule has 1 N–H and O–H groups in total. The molecule has 2 bridgehead atoms. The molecule has 1 aromatic carbocycles. The van der Waals surface area contributed by atoms with Gasteiger partial charge in [0.15, 0.2) is 0 Å². The normalized spacial score (nSPS) is 27.0. The Bertz CT molecular complexity index is 906. The molecule has 4 atom stereocenters. The number of methoxy groups -OCH3 is 1. The van der Waals surface area contributed by atoms with Crippen LogP contribution in [0.25, 0.3) is 0 Å². The van der Waals surface area contributed by atoms with Crippen molar-refractivity contribution in [3.8, 4) is 5.75 Å². The molecule has 3 fully saturated rings. The maximum absolute atomic E-state index is 13.1. The highest BCUT2D eigenvalue weighted by Gasteiger charge is 2.47. The fourth-order valence-electron chi connectivity index (χ4n) is 5.87. The van der Waals surface area contributed by atoms with Crippen LogP contribution in [0, 0.1) is 11.8 Å². The second-order valence-corrected chi connectivity index (χ2v) is 9.75. The number of piperidine rings is 3. The van der Waals surface area contributed by atoms with Crippen LogP contribution in [-0.2, 0) is 11.2 Å². The van der Waals surface area contributed by atoms with Crippen molar-refractivity contribution in [2.75, 3.05) is 26.7 Å². The first-order valence-electron chi connectivity index (χ1n) is 11.3. The molecule has 0 unspecified atom stereocenters. The Hall–Kier alpha value is -2.45. The van der Waals surface area contributed by atoms with Gasteiger partial charge in [-0.25, -0.2) is 0 Å². The number of carboxylic acid groups (broad SMARTS) is 1. The Balaban J connectivity index is 0.000000775. The number of carbonyl (C=O) groups excluding carboxylic acids is 1. The van der Waals surface area contributed by atoms with Crippen molar-refractivity contribution < 1.29 is 19.4 Å².